The van der Waals surface area contributed by atoms with Crippen molar-refractivity contribution in [1.29, 1.82) is 0 Å². The van der Waals surface area contributed by atoms with Gasteiger partial charge < -0.3 is 5.32 Å². The van der Waals surface area contributed by atoms with Crippen LogP contribution in [0, 0.1) is 13.8 Å². The van der Waals surface area contributed by atoms with Crippen molar-refractivity contribution >= 4 is 33.3 Å². The second kappa shape index (κ2) is 7.18. The Hall–Kier alpha value is -2.20. The smallest absolute Gasteiger partial charge is 0.248 e. The van der Waals surface area contributed by atoms with Gasteiger partial charge in [-0.1, -0.05) is 34.1 Å². The van der Waals surface area contributed by atoms with Gasteiger partial charge in [0.15, 0.2) is 5.78 Å². The van der Waals surface area contributed by atoms with Crippen molar-refractivity contribution in [2.75, 3.05) is 5.32 Å². The molecule has 0 atom stereocenters. The quantitative estimate of drug-likeness (QED) is 0.649. The van der Waals surface area contributed by atoms with Crippen LogP contribution < -0.4 is 5.32 Å². The van der Waals surface area contributed by atoms with E-state index >= 15 is 0 Å². The SMILES string of the molecule is Cc1cccc(C)c1NC(=O)C=CC(=O)c1ccc(Br)cc1. The molecule has 0 aromatic heterocycles. The number of hydrogen-bond acceptors (Lipinski definition) is 2. The molecule has 0 saturated heterocycles. The van der Waals surface area contributed by atoms with E-state index in [1.54, 1.807) is 24.3 Å². The average molecular weight is 358 g/mol. The minimum Gasteiger partial charge on any atom is -0.322 e. The minimum absolute atomic E-state index is 0.204. The van der Waals surface area contributed by atoms with E-state index in [2.05, 4.69) is 21.2 Å². The lowest BCUT2D eigenvalue weighted by Gasteiger charge is -2.09. The molecule has 0 radical (unpaired) electrons. The first kappa shape index (κ1) is 16.2. The highest BCUT2D eigenvalue weighted by atomic mass is 79.9. The number of para-hydroxylation sites is 1. The third-order valence-electron chi connectivity index (χ3n) is 3.24. The molecule has 0 bridgehead atoms. The van der Waals surface area contributed by atoms with Crippen molar-refractivity contribution in [3.8, 4) is 0 Å². The van der Waals surface area contributed by atoms with Crippen molar-refractivity contribution in [2.24, 2.45) is 0 Å². The molecule has 0 spiro atoms. The maximum atomic E-state index is 12.0. The molecule has 2 aromatic carbocycles. The number of allylic oxidation sites excluding steroid dienone is 1. The Morgan fingerprint density at radius 3 is 2.14 bits per heavy atom. The molecule has 22 heavy (non-hydrogen) atoms. The van der Waals surface area contributed by atoms with Crippen molar-refractivity contribution < 1.29 is 9.59 Å². The van der Waals surface area contributed by atoms with Crippen molar-refractivity contribution in [1.82, 2.24) is 0 Å². The van der Waals surface area contributed by atoms with E-state index in [1.165, 1.54) is 12.2 Å². The van der Waals surface area contributed by atoms with E-state index in [1.807, 2.05) is 32.0 Å². The standard InChI is InChI=1S/C18H16BrNO2/c1-12-4-3-5-13(2)18(12)20-17(22)11-10-16(21)14-6-8-15(19)9-7-14/h3-11H,1-2H3,(H,20,22). The Morgan fingerprint density at radius 1 is 0.955 bits per heavy atom. The largest absolute Gasteiger partial charge is 0.322 e. The molecule has 0 aliphatic heterocycles. The van der Waals surface area contributed by atoms with Crippen LogP contribution >= 0.6 is 15.9 Å². The van der Waals surface area contributed by atoms with E-state index in [0.29, 0.717) is 5.56 Å². The Morgan fingerprint density at radius 2 is 1.55 bits per heavy atom. The second-order valence-corrected chi connectivity index (χ2v) is 5.88. The number of aryl methyl sites for hydroxylation is 2. The van der Waals surface area contributed by atoms with Crippen LogP contribution in [-0.2, 0) is 4.79 Å². The van der Waals surface area contributed by atoms with Gasteiger partial charge in [0, 0.05) is 21.8 Å². The molecule has 0 unspecified atom stereocenters. The number of carbonyl (C=O) groups is 2. The summed E-state index contributed by atoms with van der Waals surface area (Å²) in [6, 6.07) is 12.8. The number of nitrogens with one attached hydrogen (secondary N) is 1. The van der Waals surface area contributed by atoms with Crippen LogP contribution in [0.15, 0.2) is 59.1 Å². The first-order chi connectivity index (χ1) is 10.5. The van der Waals surface area contributed by atoms with Gasteiger partial charge in [-0.25, -0.2) is 0 Å². The van der Waals surface area contributed by atoms with Crippen LogP contribution in [0.25, 0.3) is 0 Å². The number of ketones is 1. The summed E-state index contributed by atoms with van der Waals surface area (Å²) in [5.41, 5.74) is 3.30. The number of amides is 1. The van der Waals surface area contributed by atoms with Crippen LogP contribution in [0.1, 0.15) is 21.5 Å². The normalized spacial score (nSPS) is 10.7. The van der Waals surface area contributed by atoms with Gasteiger partial charge in [-0.3, -0.25) is 9.59 Å². The van der Waals surface area contributed by atoms with Crippen LogP contribution in [0.5, 0.6) is 0 Å². The fourth-order valence-electron chi connectivity index (χ4n) is 2.04. The van der Waals surface area contributed by atoms with Gasteiger partial charge in [-0.2, -0.15) is 0 Å². The van der Waals surface area contributed by atoms with Gasteiger partial charge in [0.1, 0.15) is 0 Å². The van der Waals surface area contributed by atoms with Gasteiger partial charge in [0.05, 0.1) is 0 Å². The van der Waals surface area contributed by atoms with E-state index in [-0.39, 0.29) is 11.7 Å². The third-order valence-corrected chi connectivity index (χ3v) is 3.77. The maximum absolute atomic E-state index is 12.0. The summed E-state index contributed by atoms with van der Waals surface area (Å²) in [6.07, 6.45) is 2.54. The lowest BCUT2D eigenvalue weighted by Crippen LogP contribution is -2.11. The molecule has 0 saturated carbocycles. The highest BCUT2D eigenvalue weighted by molar-refractivity contribution is 9.10. The zero-order valence-electron chi connectivity index (χ0n) is 12.4. The number of hydrogen-bond donors (Lipinski definition) is 1. The molecule has 1 amide bonds. The van der Waals surface area contributed by atoms with Gasteiger partial charge >= 0.3 is 0 Å². The molecule has 0 heterocycles. The van der Waals surface area contributed by atoms with Crippen molar-refractivity contribution in [2.45, 2.75) is 13.8 Å². The van der Waals surface area contributed by atoms with Crippen molar-refractivity contribution in [3.63, 3.8) is 0 Å². The molecular weight excluding hydrogens is 342 g/mol. The molecule has 2 rings (SSSR count). The van der Waals surface area contributed by atoms with Crippen molar-refractivity contribution in [3.05, 3.63) is 75.8 Å². The summed E-state index contributed by atoms with van der Waals surface area (Å²) < 4.78 is 0.904. The fourth-order valence-corrected chi connectivity index (χ4v) is 2.30. The number of halogens is 1. The summed E-state index contributed by atoms with van der Waals surface area (Å²) in [5, 5.41) is 2.81. The maximum Gasteiger partial charge on any atom is 0.248 e. The number of carbonyl (C=O) groups excluding carboxylic acids is 2. The topological polar surface area (TPSA) is 46.2 Å². The van der Waals surface area contributed by atoms with Gasteiger partial charge in [-0.05, 0) is 55.3 Å². The molecule has 1 N–H and O–H groups in total. The number of anilines is 1. The summed E-state index contributed by atoms with van der Waals surface area (Å²) in [7, 11) is 0. The zero-order valence-corrected chi connectivity index (χ0v) is 14.0. The molecule has 3 nitrogen and oxygen atoms in total. The summed E-state index contributed by atoms with van der Waals surface area (Å²) >= 11 is 3.31. The zero-order chi connectivity index (χ0) is 16.1. The second-order valence-electron chi connectivity index (χ2n) is 4.96. The highest BCUT2D eigenvalue weighted by Gasteiger charge is 2.06. The predicted octanol–water partition coefficient (Wildman–Crippen LogP) is 4.44. The first-order valence-corrected chi connectivity index (χ1v) is 7.62. The Balaban J connectivity index is 2.05. The van der Waals surface area contributed by atoms with Gasteiger partial charge in [0.2, 0.25) is 5.91 Å². The van der Waals surface area contributed by atoms with Crippen LogP contribution in [0.2, 0.25) is 0 Å². The summed E-state index contributed by atoms with van der Waals surface area (Å²) in [4.78, 5) is 23.9. The Kier molecular flexibility index (Phi) is 5.28. The number of benzene rings is 2. The predicted molar refractivity (Wildman–Crippen MR) is 92.2 cm³/mol. The Bertz CT molecular complexity index is 713. The lowest BCUT2D eigenvalue weighted by atomic mass is 10.1. The van der Waals surface area contributed by atoms with Gasteiger partial charge in [-0.15, -0.1) is 0 Å². The lowest BCUT2D eigenvalue weighted by molar-refractivity contribution is -0.111. The van der Waals surface area contributed by atoms with Crippen LogP contribution in [-0.4, -0.2) is 11.7 Å². The molecule has 0 fully saturated rings. The number of rotatable bonds is 4. The van der Waals surface area contributed by atoms with Gasteiger partial charge in [0.25, 0.3) is 0 Å². The summed E-state index contributed by atoms with van der Waals surface area (Å²) in [6.45, 7) is 3.86. The van der Waals surface area contributed by atoms with E-state index in [0.717, 1.165) is 21.3 Å². The molecule has 0 aliphatic carbocycles. The monoisotopic (exact) mass is 357 g/mol. The van der Waals surface area contributed by atoms with E-state index < -0.39 is 0 Å². The molecule has 112 valence electrons. The molecule has 4 heteroatoms. The van der Waals surface area contributed by atoms with E-state index in [9.17, 15) is 9.59 Å². The third kappa shape index (κ3) is 4.15. The van der Waals surface area contributed by atoms with Crippen LogP contribution in [0.3, 0.4) is 0 Å². The van der Waals surface area contributed by atoms with Crippen LogP contribution in [0.4, 0.5) is 5.69 Å². The minimum atomic E-state index is -0.317. The Labute approximate surface area is 138 Å². The first-order valence-electron chi connectivity index (χ1n) is 6.82. The average Bonchev–Trinajstić information content (AvgIpc) is 2.49. The van der Waals surface area contributed by atoms with E-state index in [4.69, 9.17) is 0 Å². The highest BCUT2D eigenvalue weighted by Crippen LogP contribution is 2.19. The summed E-state index contributed by atoms with van der Waals surface area (Å²) in [5.74, 6) is -0.521. The molecule has 0 aliphatic rings. The fraction of sp³-hybridized carbons (Fsp3) is 0.111. The molecule has 2 aromatic rings. The molecular formula is C18H16BrNO2.